The summed E-state index contributed by atoms with van der Waals surface area (Å²) >= 11 is 0. The summed E-state index contributed by atoms with van der Waals surface area (Å²) < 4.78 is 0. The minimum Gasteiger partial charge on any atom is -0.387 e. The van der Waals surface area contributed by atoms with Crippen molar-refractivity contribution in [2.45, 2.75) is 41.5 Å². The molecule has 0 aromatic rings. The number of hydrazine groups is 1. The van der Waals surface area contributed by atoms with Crippen LogP contribution in [0.15, 0.2) is 11.9 Å². The molecule has 0 saturated carbocycles. The molecular weight excluding hydrogens is 174 g/mol. The van der Waals surface area contributed by atoms with Crippen LogP contribution in [0.5, 0.6) is 0 Å². The highest BCUT2D eigenvalue weighted by Gasteiger charge is 2.32. The molecule has 0 unspecified atom stereocenters. The van der Waals surface area contributed by atoms with Crippen molar-refractivity contribution in [3.05, 3.63) is 11.9 Å². The van der Waals surface area contributed by atoms with Crippen molar-refractivity contribution in [1.29, 1.82) is 0 Å². The van der Waals surface area contributed by atoms with Gasteiger partial charge in [-0.25, -0.2) is 0 Å². The molecule has 0 heterocycles. The molecule has 0 aliphatic carbocycles. The molecule has 0 radical (unpaired) electrons. The van der Waals surface area contributed by atoms with Gasteiger partial charge in [-0.2, -0.15) is 0 Å². The van der Waals surface area contributed by atoms with Crippen molar-refractivity contribution >= 4 is 0 Å². The van der Waals surface area contributed by atoms with Gasteiger partial charge in [-0.3, -0.25) is 5.84 Å². The Hall–Kier alpha value is -0.700. The molecule has 0 spiro atoms. The number of nitrogens with two attached hydrogens (primary N) is 1. The standard InChI is InChI=1S/C11H25N3/c1-9(7-14-12)13-8-11(5,6)10(2,3)4/h7,13-14H,8,12H2,1-6H3/b9-7-. The first-order chi connectivity index (χ1) is 6.20. The van der Waals surface area contributed by atoms with Gasteiger partial charge >= 0.3 is 0 Å². The maximum absolute atomic E-state index is 5.19. The van der Waals surface area contributed by atoms with E-state index in [0.29, 0.717) is 0 Å². The fraction of sp³-hybridized carbons (Fsp3) is 0.818. The molecule has 84 valence electrons. The average Bonchev–Trinajstić information content (AvgIpc) is 1.99. The third-order valence-corrected chi connectivity index (χ3v) is 3.14. The fourth-order valence-electron chi connectivity index (χ4n) is 0.802. The summed E-state index contributed by atoms with van der Waals surface area (Å²) in [6, 6.07) is 0. The van der Waals surface area contributed by atoms with Crippen LogP contribution < -0.4 is 16.6 Å². The lowest BCUT2D eigenvalue weighted by Gasteiger charge is -2.39. The Morgan fingerprint density at radius 3 is 2.07 bits per heavy atom. The molecule has 0 aliphatic rings. The summed E-state index contributed by atoms with van der Waals surface area (Å²) in [7, 11) is 0. The molecule has 3 heteroatoms. The van der Waals surface area contributed by atoms with E-state index in [9.17, 15) is 0 Å². The molecule has 0 bridgehead atoms. The van der Waals surface area contributed by atoms with Crippen LogP contribution in [0.4, 0.5) is 0 Å². The largest absolute Gasteiger partial charge is 0.387 e. The maximum Gasteiger partial charge on any atom is 0.0309 e. The molecule has 0 amide bonds. The molecule has 0 fully saturated rings. The lowest BCUT2D eigenvalue weighted by Crippen LogP contribution is -2.39. The molecule has 0 aromatic carbocycles. The lowest BCUT2D eigenvalue weighted by atomic mass is 9.69. The van der Waals surface area contributed by atoms with Crippen molar-refractivity contribution in [3.63, 3.8) is 0 Å². The summed E-state index contributed by atoms with van der Waals surface area (Å²) in [4.78, 5) is 0. The van der Waals surface area contributed by atoms with Crippen molar-refractivity contribution in [2.75, 3.05) is 6.54 Å². The molecule has 14 heavy (non-hydrogen) atoms. The highest BCUT2D eigenvalue weighted by molar-refractivity contribution is 4.95. The molecule has 0 rings (SSSR count). The monoisotopic (exact) mass is 199 g/mol. The Bertz CT molecular complexity index is 199. The minimum absolute atomic E-state index is 0.247. The van der Waals surface area contributed by atoms with Gasteiger partial charge in [0.25, 0.3) is 0 Å². The van der Waals surface area contributed by atoms with Gasteiger partial charge in [0.2, 0.25) is 0 Å². The molecule has 0 aromatic heterocycles. The average molecular weight is 199 g/mol. The summed E-state index contributed by atoms with van der Waals surface area (Å²) in [5.41, 5.74) is 4.11. The molecule has 0 saturated heterocycles. The number of rotatable bonds is 4. The van der Waals surface area contributed by atoms with Crippen LogP contribution in [-0.4, -0.2) is 6.54 Å². The number of hydrogen-bond donors (Lipinski definition) is 3. The molecule has 4 N–H and O–H groups in total. The Labute approximate surface area is 88.1 Å². The van der Waals surface area contributed by atoms with E-state index in [1.165, 1.54) is 0 Å². The van der Waals surface area contributed by atoms with E-state index in [4.69, 9.17) is 5.84 Å². The Balaban J connectivity index is 4.20. The van der Waals surface area contributed by atoms with E-state index in [1.54, 1.807) is 6.20 Å². The summed E-state index contributed by atoms with van der Waals surface area (Å²) in [6.07, 6.45) is 1.76. The van der Waals surface area contributed by atoms with Crippen LogP contribution in [0.2, 0.25) is 0 Å². The van der Waals surface area contributed by atoms with Gasteiger partial charge in [0, 0.05) is 18.4 Å². The van der Waals surface area contributed by atoms with E-state index in [2.05, 4.69) is 45.4 Å². The predicted octanol–water partition coefficient (Wildman–Crippen LogP) is 1.97. The van der Waals surface area contributed by atoms with E-state index in [1.807, 2.05) is 6.92 Å². The van der Waals surface area contributed by atoms with Crippen LogP contribution >= 0.6 is 0 Å². The second kappa shape index (κ2) is 4.69. The molecule has 0 aliphatic heterocycles. The van der Waals surface area contributed by atoms with Gasteiger partial charge in [-0.05, 0) is 17.8 Å². The van der Waals surface area contributed by atoms with E-state index < -0.39 is 0 Å². The van der Waals surface area contributed by atoms with Crippen molar-refractivity contribution in [2.24, 2.45) is 16.7 Å². The second-order valence-corrected chi connectivity index (χ2v) is 5.48. The number of allylic oxidation sites excluding steroid dienone is 1. The molecule has 0 atom stereocenters. The highest BCUT2D eigenvalue weighted by Crippen LogP contribution is 2.37. The van der Waals surface area contributed by atoms with Crippen LogP contribution in [0.1, 0.15) is 41.5 Å². The topological polar surface area (TPSA) is 50.1 Å². The first-order valence-electron chi connectivity index (χ1n) is 5.07. The van der Waals surface area contributed by atoms with Gasteiger partial charge in [-0.15, -0.1) is 0 Å². The Morgan fingerprint density at radius 2 is 1.71 bits per heavy atom. The smallest absolute Gasteiger partial charge is 0.0309 e. The number of nitrogens with one attached hydrogen (secondary N) is 2. The maximum atomic E-state index is 5.19. The zero-order valence-corrected chi connectivity index (χ0v) is 10.4. The first kappa shape index (κ1) is 13.3. The van der Waals surface area contributed by atoms with Crippen molar-refractivity contribution in [1.82, 2.24) is 10.7 Å². The van der Waals surface area contributed by atoms with Crippen LogP contribution in [0.25, 0.3) is 0 Å². The lowest BCUT2D eigenvalue weighted by molar-refractivity contribution is 0.133. The molecular formula is C11H25N3. The van der Waals surface area contributed by atoms with Crippen molar-refractivity contribution in [3.8, 4) is 0 Å². The zero-order chi connectivity index (χ0) is 11.4. The summed E-state index contributed by atoms with van der Waals surface area (Å²) in [5.74, 6) is 5.19. The Kier molecular flexibility index (Phi) is 4.46. The first-order valence-corrected chi connectivity index (χ1v) is 5.07. The van der Waals surface area contributed by atoms with Gasteiger partial charge in [-0.1, -0.05) is 34.6 Å². The summed E-state index contributed by atoms with van der Waals surface area (Å²) in [6.45, 7) is 14.3. The normalized spacial score (nSPS) is 14.1. The van der Waals surface area contributed by atoms with E-state index >= 15 is 0 Å². The number of hydrogen-bond acceptors (Lipinski definition) is 3. The zero-order valence-electron chi connectivity index (χ0n) is 10.4. The van der Waals surface area contributed by atoms with Crippen LogP contribution in [0, 0.1) is 10.8 Å². The SMILES string of the molecule is C/C(=C/NN)NCC(C)(C)C(C)(C)C. The van der Waals surface area contributed by atoms with E-state index in [-0.39, 0.29) is 10.8 Å². The fourth-order valence-corrected chi connectivity index (χ4v) is 0.802. The van der Waals surface area contributed by atoms with Gasteiger partial charge in [0.1, 0.15) is 0 Å². The summed E-state index contributed by atoms with van der Waals surface area (Å²) in [5, 5.41) is 3.35. The predicted molar refractivity (Wildman–Crippen MR) is 62.3 cm³/mol. The van der Waals surface area contributed by atoms with Crippen LogP contribution in [0.3, 0.4) is 0 Å². The third-order valence-electron chi connectivity index (χ3n) is 3.14. The quantitative estimate of drug-likeness (QED) is 0.479. The van der Waals surface area contributed by atoms with Crippen molar-refractivity contribution < 1.29 is 0 Å². The van der Waals surface area contributed by atoms with Gasteiger partial charge in [0.05, 0.1) is 0 Å². The highest BCUT2D eigenvalue weighted by atomic mass is 15.2. The third kappa shape index (κ3) is 4.01. The van der Waals surface area contributed by atoms with Crippen LogP contribution in [-0.2, 0) is 0 Å². The minimum atomic E-state index is 0.247. The molecule has 3 nitrogen and oxygen atoms in total. The van der Waals surface area contributed by atoms with Gasteiger partial charge < -0.3 is 10.7 Å². The second-order valence-electron chi connectivity index (χ2n) is 5.48. The van der Waals surface area contributed by atoms with Gasteiger partial charge in [0.15, 0.2) is 0 Å². The van der Waals surface area contributed by atoms with E-state index in [0.717, 1.165) is 12.2 Å². The Morgan fingerprint density at radius 1 is 1.21 bits per heavy atom.